The highest BCUT2D eigenvalue weighted by atomic mass is 32.2. The zero-order valence-electron chi connectivity index (χ0n) is 15.0. The van der Waals surface area contributed by atoms with Crippen LogP contribution in [0.25, 0.3) is 0 Å². The number of sulfonamides is 1. The van der Waals surface area contributed by atoms with Crippen LogP contribution in [0.5, 0.6) is 5.75 Å². The Morgan fingerprint density at radius 1 is 1.19 bits per heavy atom. The number of para-hydroxylation sites is 2. The number of carbonyl (C=O) groups excluding carboxylic acids is 1. The van der Waals surface area contributed by atoms with Crippen molar-refractivity contribution < 1.29 is 17.9 Å². The van der Waals surface area contributed by atoms with E-state index < -0.39 is 16.1 Å². The molecule has 138 valence electrons. The maximum absolute atomic E-state index is 12.8. The van der Waals surface area contributed by atoms with Gasteiger partial charge in [-0.2, -0.15) is 0 Å². The number of anilines is 1. The van der Waals surface area contributed by atoms with Gasteiger partial charge in [0.05, 0.1) is 18.5 Å². The Morgan fingerprint density at radius 2 is 1.85 bits per heavy atom. The molecule has 1 aliphatic heterocycles. The second kappa shape index (κ2) is 6.99. The average Bonchev–Trinajstić information content (AvgIpc) is 2.61. The number of benzene rings is 2. The van der Waals surface area contributed by atoms with Gasteiger partial charge in [-0.3, -0.25) is 9.10 Å². The fraction of sp³-hybridized carbons (Fsp3) is 0.316. The summed E-state index contributed by atoms with van der Waals surface area (Å²) in [5, 5.41) is 0. The van der Waals surface area contributed by atoms with Crippen LogP contribution in [0.4, 0.5) is 5.69 Å². The number of fused-ring (bicyclic) bond motifs is 1. The molecule has 0 fully saturated rings. The van der Waals surface area contributed by atoms with Crippen LogP contribution in [0.15, 0.2) is 48.5 Å². The molecule has 1 unspecified atom stereocenters. The smallest absolute Gasteiger partial charge is 0.265 e. The molecule has 1 amide bonds. The van der Waals surface area contributed by atoms with E-state index >= 15 is 0 Å². The summed E-state index contributed by atoms with van der Waals surface area (Å²) < 4.78 is 31.3. The van der Waals surface area contributed by atoms with Crippen molar-refractivity contribution in [3.63, 3.8) is 0 Å². The van der Waals surface area contributed by atoms with Gasteiger partial charge in [0.25, 0.3) is 5.91 Å². The number of nitrogens with zero attached hydrogens (tertiary/aromatic N) is 2. The van der Waals surface area contributed by atoms with Crippen molar-refractivity contribution in [2.45, 2.75) is 19.6 Å². The predicted molar refractivity (Wildman–Crippen MR) is 101 cm³/mol. The first-order valence-electron chi connectivity index (χ1n) is 8.29. The van der Waals surface area contributed by atoms with E-state index in [1.807, 2.05) is 31.2 Å². The maximum atomic E-state index is 12.8. The first kappa shape index (κ1) is 18.3. The fourth-order valence-corrected chi connectivity index (χ4v) is 3.85. The summed E-state index contributed by atoms with van der Waals surface area (Å²) >= 11 is 0. The SMILES string of the molecule is Cc1ccc(CN(C)C(=O)C2CN(S(C)(=O)=O)c3ccccc3O2)cc1. The topological polar surface area (TPSA) is 66.9 Å². The number of carbonyl (C=O) groups is 1. The van der Waals surface area contributed by atoms with E-state index in [4.69, 9.17) is 4.74 Å². The number of ether oxygens (including phenoxy) is 1. The zero-order chi connectivity index (χ0) is 18.9. The Bertz CT molecular complexity index is 909. The van der Waals surface area contributed by atoms with Gasteiger partial charge in [0.1, 0.15) is 5.75 Å². The Hall–Kier alpha value is -2.54. The molecule has 0 bridgehead atoms. The van der Waals surface area contributed by atoms with E-state index in [-0.39, 0.29) is 12.5 Å². The molecule has 0 radical (unpaired) electrons. The summed E-state index contributed by atoms with van der Waals surface area (Å²) in [5.41, 5.74) is 2.61. The van der Waals surface area contributed by atoms with Crippen molar-refractivity contribution in [2.75, 3.05) is 24.2 Å². The molecular formula is C19H22N2O4S. The molecule has 0 saturated carbocycles. The first-order valence-corrected chi connectivity index (χ1v) is 10.1. The molecule has 6 nitrogen and oxygen atoms in total. The van der Waals surface area contributed by atoms with E-state index in [2.05, 4.69) is 0 Å². The number of aryl methyl sites for hydroxylation is 1. The molecule has 1 atom stereocenters. The summed E-state index contributed by atoms with van der Waals surface area (Å²) in [7, 11) is -1.82. The van der Waals surface area contributed by atoms with Crippen molar-refractivity contribution in [3.8, 4) is 5.75 Å². The minimum absolute atomic E-state index is 0.0348. The lowest BCUT2D eigenvalue weighted by atomic mass is 10.1. The molecular weight excluding hydrogens is 352 g/mol. The molecule has 1 heterocycles. The van der Waals surface area contributed by atoms with Crippen molar-refractivity contribution in [3.05, 3.63) is 59.7 Å². The number of likely N-dealkylation sites (N-methyl/N-ethyl adjacent to an activating group) is 1. The lowest BCUT2D eigenvalue weighted by Gasteiger charge is -2.35. The van der Waals surface area contributed by atoms with Gasteiger partial charge in [-0.15, -0.1) is 0 Å². The van der Waals surface area contributed by atoms with Gasteiger partial charge in [-0.25, -0.2) is 8.42 Å². The van der Waals surface area contributed by atoms with Crippen LogP contribution in [0.1, 0.15) is 11.1 Å². The minimum atomic E-state index is -3.51. The molecule has 0 spiro atoms. The minimum Gasteiger partial charge on any atom is -0.476 e. The van der Waals surface area contributed by atoms with Gasteiger partial charge in [0, 0.05) is 13.6 Å². The number of hydrogen-bond donors (Lipinski definition) is 0. The Labute approximate surface area is 154 Å². The summed E-state index contributed by atoms with van der Waals surface area (Å²) in [6.07, 6.45) is 0.252. The number of amides is 1. The Balaban J connectivity index is 1.80. The third kappa shape index (κ3) is 3.83. The van der Waals surface area contributed by atoms with E-state index in [1.165, 1.54) is 4.31 Å². The van der Waals surface area contributed by atoms with Crippen molar-refractivity contribution in [1.29, 1.82) is 0 Å². The second-order valence-electron chi connectivity index (χ2n) is 6.55. The summed E-state index contributed by atoms with van der Waals surface area (Å²) in [6, 6.07) is 14.8. The molecule has 26 heavy (non-hydrogen) atoms. The number of rotatable bonds is 4. The molecule has 0 N–H and O–H groups in total. The van der Waals surface area contributed by atoms with Crippen LogP contribution < -0.4 is 9.04 Å². The highest BCUT2D eigenvalue weighted by Crippen LogP contribution is 2.34. The quantitative estimate of drug-likeness (QED) is 0.823. The van der Waals surface area contributed by atoms with Gasteiger partial charge in [-0.1, -0.05) is 42.0 Å². The number of hydrogen-bond acceptors (Lipinski definition) is 4. The van der Waals surface area contributed by atoms with Gasteiger partial charge >= 0.3 is 0 Å². The molecule has 0 saturated heterocycles. The fourth-order valence-electron chi connectivity index (χ4n) is 2.94. The standard InChI is InChI=1S/C19H22N2O4S/c1-14-8-10-15(11-9-14)12-20(2)19(22)18-13-21(26(3,23)24)16-6-4-5-7-17(16)25-18/h4-11,18H,12-13H2,1-3H3. The van der Waals surface area contributed by atoms with Crippen LogP contribution in [0, 0.1) is 6.92 Å². The highest BCUT2D eigenvalue weighted by molar-refractivity contribution is 7.92. The normalized spacial score (nSPS) is 16.6. The molecule has 2 aromatic carbocycles. The van der Waals surface area contributed by atoms with Crippen molar-refractivity contribution >= 4 is 21.6 Å². The summed E-state index contributed by atoms with van der Waals surface area (Å²) in [6.45, 7) is 2.40. The monoisotopic (exact) mass is 374 g/mol. The molecule has 3 rings (SSSR count). The summed E-state index contributed by atoms with van der Waals surface area (Å²) in [4.78, 5) is 14.4. The Kier molecular flexibility index (Phi) is 4.91. The van der Waals surface area contributed by atoms with Gasteiger partial charge in [-0.05, 0) is 24.6 Å². The zero-order valence-corrected chi connectivity index (χ0v) is 15.9. The maximum Gasteiger partial charge on any atom is 0.265 e. The third-order valence-electron chi connectivity index (χ3n) is 4.33. The molecule has 0 aliphatic carbocycles. The van der Waals surface area contributed by atoms with Crippen LogP contribution in [0.2, 0.25) is 0 Å². The first-order chi connectivity index (χ1) is 12.3. The van der Waals surface area contributed by atoms with Gasteiger partial charge in [0.15, 0.2) is 6.10 Å². The molecule has 7 heteroatoms. The highest BCUT2D eigenvalue weighted by Gasteiger charge is 2.36. The van der Waals surface area contributed by atoms with E-state index in [9.17, 15) is 13.2 Å². The summed E-state index contributed by atoms with van der Waals surface area (Å²) in [5.74, 6) is 0.139. The Morgan fingerprint density at radius 3 is 2.50 bits per heavy atom. The lowest BCUT2D eigenvalue weighted by molar-refractivity contribution is -0.137. The van der Waals surface area contributed by atoms with Crippen LogP contribution in [-0.4, -0.2) is 45.2 Å². The van der Waals surface area contributed by atoms with E-state index in [0.717, 1.165) is 17.4 Å². The van der Waals surface area contributed by atoms with Gasteiger partial charge in [0.2, 0.25) is 10.0 Å². The predicted octanol–water partition coefficient (Wildman–Crippen LogP) is 2.18. The van der Waals surface area contributed by atoms with E-state index in [0.29, 0.717) is 18.0 Å². The van der Waals surface area contributed by atoms with Gasteiger partial charge < -0.3 is 9.64 Å². The van der Waals surface area contributed by atoms with Crippen molar-refractivity contribution in [2.24, 2.45) is 0 Å². The second-order valence-corrected chi connectivity index (χ2v) is 8.46. The third-order valence-corrected chi connectivity index (χ3v) is 5.47. The van der Waals surface area contributed by atoms with Crippen molar-refractivity contribution in [1.82, 2.24) is 4.90 Å². The molecule has 2 aromatic rings. The molecule has 0 aromatic heterocycles. The molecule has 1 aliphatic rings. The van der Waals surface area contributed by atoms with E-state index in [1.54, 1.807) is 36.2 Å². The average molecular weight is 374 g/mol. The van der Waals surface area contributed by atoms with Crippen LogP contribution >= 0.6 is 0 Å². The van der Waals surface area contributed by atoms with Crippen LogP contribution in [-0.2, 0) is 21.4 Å². The lowest BCUT2D eigenvalue weighted by Crippen LogP contribution is -2.50. The van der Waals surface area contributed by atoms with Crippen LogP contribution in [0.3, 0.4) is 0 Å². The largest absolute Gasteiger partial charge is 0.476 e.